The van der Waals surface area contributed by atoms with Crippen LogP contribution in [0.4, 0.5) is 8.78 Å². The second kappa shape index (κ2) is 4.18. The number of nitrogens with zero attached hydrogens (tertiary/aromatic N) is 1. The van der Waals surface area contributed by atoms with Crippen LogP contribution >= 0.6 is 0 Å². The first-order valence-electron chi connectivity index (χ1n) is 4.41. The van der Waals surface area contributed by atoms with Crippen molar-refractivity contribution in [2.24, 2.45) is 0 Å². The smallest absolute Gasteiger partial charge is 0.315 e. The van der Waals surface area contributed by atoms with Crippen molar-refractivity contribution >= 4 is 5.91 Å². The Labute approximate surface area is 80.9 Å². The molecule has 1 saturated heterocycles. The number of β-amino-alcohol motifs (C(OH)–C–C–N with tert-alkyl or cyclic N) is 1. The molecule has 0 aliphatic carbocycles. The molecule has 1 rings (SSSR count). The molecule has 1 aliphatic heterocycles. The molecular weight excluding hydrogens is 194 g/mol. The molecule has 1 heterocycles. The van der Waals surface area contributed by atoms with Gasteiger partial charge >= 0.3 is 6.43 Å². The Balaban J connectivity index is 2.47. The lowest BCUT2D eigenvalue weighted by Gasteiger charge is -2.27. The molecule has 0 aromatic rings. The average Bonchev–Trinajstić information content (AvgIpc) is 2.50. The normalized spacial score (nSPS) is 26.9. The molecule has 1 amide bonds. The molecule has 2 N–H and O–H groups in total. The zero-order valence-corrected chi connectivity index (χ0v) is 7.96. The van der Waals surface area contributed by atoms with Gasteiger partial charge in [0.1, 0.15) is 0 Å². The predicted octanol–water partition coefficient (Wildman–Crippen LogP) is -0.566. The first kappa shape index (κ1) is 11.3. The van der Waals surface area contributed by atoms with Crippen molar-refractivity contribution in [3.05, 3.63) is 0 Å². The fraction of sp³-hybridized carbons (Fsp3) is 0.875. The van der Waals surface area contributed by atoms with Crippen LogP contribution in [-0.4, -0.2) is 54.6 Å². The van der Waals surface area contributed by atoms with Crippen LogP contribution in [0.15, 0.2) is 0 Å². The van der Waals surface area contributed by atoms with E-state index in [1.54, 1.807) is 0 Å². The van der Waals surface area contributed by atoms with Crippen LogP contribution in [0.25, 0.3) is 0 Å². The van der Waals surface area contributed by atoms with Crippen molar-refractivity contribution in [3.8, 4) is 0 Å². The maximum Gasteiger partial charge on any atom is 0.315 e. The second-order valence-electron chi connectivity index (χ2n) is 3.65. The summed E-state index contributed by atoms with van der Waals surface area (Å²) in [4.78, 5) is 11.7. The van der Waals surface area contributed by atoms with E-state index in [4.69, 9.17) is 0 Å². The molecule has 1 fully saturated rings. The van der Waals surface area contributed by atoms with Gasteiger partial charge in [-0.3, -0.25) is 4.79 Å². The largest absolute Gasteiger partial charge is 0.387 e. The maximum atomic E-state index is 12.0. The quantitative estimate of drug-likeness (QED) is 0.653. The summed E-state index contributed by atoms with van der Waals surface area (Å²) in [6.07, 6.45) is -2.52. The summed E-state index contributed by atoms with van der Waals surface area (Å²) < 4.78 is 24.0. The summed E-state index contributed by atoms with van der Waals surface area (Å²) in [5, 5.41) is 12.7. The minimum Gasteiger partial charge on any atom is -0.387 e. The van der Waals surface area contributed by atoms with Crippen LogP contribution in [0.5, 0.6) is 0 Å². The molecule has 14 heavy (non-hydrogen) atoms. The summed E-state index contributed by atoms with van der Waals surface area (Å²) in [7, 11) is 1.27. The zero-order chi connectivity index (χ0) is 10.8. The van der Waals surface area contributed by atoms with Crippen LogP contribution < -0.4 is 5.32 Å². The van der Waals surface area contributed by atoms with Gasteiger partial charge in [-0.2, -0.15) is 8.78 Å². The van der Waals surface area contributed by atoms with Gasteiger partial charge in [0.15, 0.2) is 0 Å². The van der Waals surface area contributed by atoms with Gasteiger partial charge in [-0.25, -0.2) is 0 Å². The number of aliphatic hydroxyl groups is 1. The number of alkyl halides is 2. The molecule has 1 unspecified atom stereocenters. The van der Waals surface area contributed by atoms with Crippen LogP contribution in [0, 0.1) is 0 Å². The lowest BCUT2D eigenvalue weighted by atomic mass is 10.0. The second-order valence-corrected chi connectivity index (χ2v) is 3.65. The summed E-state index contributed by atoms with van der Waals surface area (Å²) in [5.74, 6) is -1.25. The van der Waals surface area contributed by atoms with Crippen LogP contribution in [0.1, 0.15) is 6.42 Å². The number of likely N-dealkylation sites (N-methyl/N-ethyl adjacent to an activating group) is 1. The van der Waals surface area contributed by atoms with E-state index >= 15 is 0 Å². The Hall–Kier alpha value is -0.750. The van der Waals surface area contributed by atoms with Crippen LogP contribution in [0.2, 0.25) is 0 Å². The Morgan fingerprint density at radius 3 is 2.79 bits per heavy atom. The Morgan fingerprint density at radius 2 is 2.36 bits per heavy atom. The van der Waals surface area contributed by atoms with Crippen molar-refractivity contribution in [3.63, 3.8) is 0 Å². The molecular formula is C8H14F2N2O2. The minimum absolute atomic E-state index is 0.0524. The van der Waals surface area contributed by atoms with E-state index in [9.17, 15) is 18.7 Å². The lowest BCUT2D eigenvalue weighted by molar-refractivity contribution is -0.144. The summed E-state index contributed by atoms with van der Waals surface area (Å²) in [6.45, 7) is 0.935. The van der Waals surface area contributed by atoms with E-state index < -0.39 is 17.9 Å². The number of nitrogens with one attached hydrogen (secondary N) is 1. The number of amides is 1. The van der Waals surface area contributed by atoms with Crippen LogP contribution in [-0.2, 0) is 4.79 Å². The third kappa shape index (κ3) is 2.62. The first-order valence-corrected chi connectivity index (χ1v) is 4.41. The van der Waals surface area contributed by atoms with Gasteiger partial charge in [0, 0.05) is 13.6 Å². The molecule has 82 valence electrons. The Bertz CT molecular complexity index is 217. The molecule has 4 nitrogen and oxygen atoms in total. The summed E-state index contributed by atoms with van der Waals surface area (Å²) in [5.41, 5.74) is -1.06. The number of hydrogen-bond acceptors (Lipinski definition) is 3. The van der Waals surface area contributed by atoms with Gasteiger partial charge in [-0.05, 0) is 13.0 Å². The molecule has 0 saturated carbocycles. The number of rotatable bonds is 3. The van der Waals surface area contributed by atoms with Crippen molar-refractivity contribution in [2.45, 2.75) is 18.4 Å². The fourth-order valence-corrected chi connectivity index (χ4v) is 1.55. The van der Waals surface area contributed by atoms with Gasteiger partial charge in [0.2, 0.25) is 0 Å². The predicted molar refractivity (Wildman–Crippen MR) is 46.1 cm³/mol. The van der Waals surface area contributed by atoms with Crippen molar-refractivity contribution in [1.29, 1.82) is 0 Å². The van der Waals surface area contributed by atoms with Gasteiger partial charge in [0.05, 0.1) is 12.1 Å². The highest BCUT2D eigenvalue weighted by atomic mass is 19.3. The monoisotopic (exact) mass is 208 g/mol. The first-order chi connectivity index (χ1) is 6.44. The number of carbonyl (C=O) groups is 1. The number of carbonyl (C=O) groups excluding carboxylic acids is 1. The topological polar surface area (TPSA) is 52.6 Å². The molecule has 0 radical (unpaired) electrons. The molecule has 6 heteroatoms. The fourth-order valence-electron chi connectivity index (χ4n) is 1.55. The number of halogens is 2. The van der Waals surface area contributed by atoms with Gasteiger partial charge in [0.25, 0.3) is 5.91 Å². The maximum absolute atomic E-state index is 12.0. The van der Waals surface area contributed by atoms with Gasteiger partial charge < -0.3 is 15.3 Å². The average molecular weight is 208 g/mol. The SMILES string of the molecule is CN(CC1(O)CCNC1)C(=O)C(F)F. The standard InChI is InChI=1S/C8H14F2N2O2/c1-12(7(13)6(9)10)5-8(14)2-3-11-4-8/h6,11,14H,2-5H2,1H3. The Kier molecular flexibility index (Phi) is 3.38. The molecule has 0 bridgehead atoms. The van der Waals surface area contributed by atoms with E-state index in [0.717, 1.165) is 4.90 Å². The summed E-state index contributed by atoms with van der Waals surface area (Å²) >= 11 is 0. The molecule has 1 atom stereocenters. The molecule has 1 aliphatic rings. The minimum atomic E-state index is -3.00. The van der Waals surface area contributed by atoms with E-state index in [0.29, 0.717) is 19.5 Å². The molecule has 0 aromatic carbocycles. The van der Waals surface area contributed by atoms with E-state index in [1.807, 2.05) is 0 Å². The van der Waals surface area contributed by atoms with Crippen molar-refractivity contribution in [1.82, 2.24) is 10.2 Å². The molecule has 0 spiro atoms. The highest BCUT2D eigenvalue weighted by Gasteiger charge is 2.34. The third-order valence-electron chi connectivity index (χ3n) is 2.32. The highest BCUT2D eigenvalue weighted by molar-refractivity contribution is 5.79. The van der Waals surface area contributed by atoms with Gasteiger partial charge in [-0.1, -0.05) is 0 Å². The van der Waals surface area contributed by atoms with E-state index in [2.05, 4.69) is 5.32 Å². The number of hydrogen-bond donors (Lipinski definition) is 2. The van der Waals surface area contributed by atoms with Crippen molar-refractivity contribution < 1.29 is 18.7 Å². The Morgan fingerprint density at radius 1 is 1.71 bits per heavy atom. The lowest BCUT2D eigenvalue weighted by Crippen LogP contribution is -2.46. The van der Waals surface area contributed by atoms with Gasteiger partial charge in [-0.15, -0.1) is 0 Å². The molecule has 0 aromatic heterocycles. The highest BCUT2D eigenvalue weighted by Crippen LogP contribution is 2.16. The van der Waals surface area contributed by atoms with Crippen LogP contribution in [0.3, 0.4) is 0 Å². The van der Waals surface area contributed by atoms with E-state index in [1.165, 1.54) is 7.05 Å². The van der Waals surface area contributed by atoms with E-state index in [-0.39, 0.29) is 6.54 Å². The zero-order valence-electron chi connectivity index (χ0n) is 7.96. The third-order valence-corrected chi connectivity index (χ3v) is 2.32. The summed E-state index contributed by atoms with van der Waals surface area (Å²) in [6, 6.07) is 0. The van der Waals surface area contributed by atoms with Crippen molar-refractivity contribution in [2.75, 3.05) is 26.7 Å².